The zero-order valence-electron chi connectivity index (χ0n) is 9.83. The fourth-order valence-corrected chi connectivity index (χ4v) is 3.08. The van der Waals surface area contributed by atoms with E-state index in [9.17, 15) is 0 Å². The van der Waals surface area contributed by atoms with E-state index in [4.69, 9.17) is 0 Å². The topological polar surface area (TPSA) is 12.4 Å². The van der Waals surface area contributed by atoms with Gasteiger partial charge in [-0.3, -0.25) is 4.99 Å². The molecule has 0 N–H and O–H groups in total. The Hall–Kier alpha value is -1.15. The van der Waals surface area contributed by atoms with Gasteiger partial charge in [-0.25, -0.2) is 0 Å². The third-order valence-corrected chi connectivity index (χ3v) is 3.60. The van der Waals surface area contributed by atoms with Crippen LogP contribution >= 0.6 is 0 Å². The first-order valence-corrected chi connectivity index (χ1v) is 8.93. The molecule has 78 valence electrons. The molecule has 2 rings (SSSR count). The van der Waals surface area contributed by atoms with Gasteiger partial charge in [-0.1, -0.05) is 43.5 Å². The number of hydrogen-bond acceptors (Lipinski definition) is 1. The predicted molar refractivity (Wildman–Crippen MR) is 70.5 cm³/mol. The number of nitrogens with zero attached hydrogens (tertiary/aromatic N) is 1. The first kappa shape index (κ1) is 10.4. The lowest BCUT2D eigenvalue weighted by molar-refractivity contribution is 1.54. The van der Waals surface area contributed by atoms with Gasteiger partial charge in [-0.05, 0) is 18.6 Å². The second-order valence-corrected chi connectivity index (χ2v) is 10.2. The molecule has 2 heteroatoms. The van der Waals surface area contributed by atoms with Crippen molar-refractivity contribution in [2.45, 2.75) is 26.6 Å². The summed E-state index contributed by atoms with van der Waals surface area (Å²) >= 11 is 0. The summed E-state index contributed by atoms with van der Waals surface area (Å²) in [6.45, 7) is 9.17. The summed E-state index contributed by atoms with van der Waals surface area (Å²) in [7, 11) is -1.18. The Balaban J connectivity index is 2.53. The number of benzene rings is 1. The quantitative estimate of drug-likeness (QED) is 0.627. The highest BCUT2D eigenvalue weighted by Crippen LogP contribution is 2.35. The Morgan fingerprint density at radius 2 is 1.80 bits per heavy atom. The Kier molecular flexibility index (Phi) is 2.39. The maximum atomic E-state index is 4.59. The van der Waals surface area contributed by atoms with Crippen LogP contribution in [0.2, 0.25) is 19.6 Å². The molecular weight excluding hydrogens is 198 g/mol. The highest BCUT2D eigenvalue weighted by atomic mass is 28.3. The van der Waals surface area contributed by atoms with Crippen molar-refractivity contribution in [3.05, 3.63) is 35.5 Å². The second kappa shape index (κ2) is 3.45. The molecule has 1 aromatic carbocycles. The lowest BCUT2D eigenvalue weighted by atomic mass is 10.1. The Morgan fingerprint density at radius 3 is 2.47 bits per heavy atom. The number of fused-ring (bicyclic) bond motifs is 1. The fraction of sp³-hybridized carbons (Fsp3) is 0.308. The standard InChI is InChI=1S/C13H17NSi/c1-10-12(9-15(2,3)4)11-7-5-6-8-13(11)14-10/h5-9H,1-4H3/b12-9-. The van der Waals surface area contributed by atoms with Gasteiger partial charge in [0.1, 0.15) is 0 Å². The molecule has 0 bridgehead atoms. The van der Waals surface area contributed by atoms with Gasteiger partial charge in [0, 0.05) is 11.3 Å². The number of hydrogen-bond donors (Lipinski definition) is 0. The summed E-state index contributed by atoms with van der Waals surface area (Å²) in [5.74, 6) is 0. The Labute approximate surface area is 92.6 Å². The molecule has 0 saturated carbocycles. The van der Waals surface area contributed by atoms with Gasteiger partial charge < -0.3 is 0 Å². The number of aliphatic imine (C=N–C) groups is 1. The van der Waals surface area contributed by atoms with Crippen LogP contribution < -0.4 is 0 Å². The van der Waals surface area contributed by atoms with Crippen LogP contribution in [-0.2, 0) is 0 Å². The lowest BCUT2D eigenvalue weighted by Crippen LogP contribution is -2.17. The SMILES string of the molecule is CC1=Nc2ccccc2/C1=C\[Si](C)(C)C. The van der Waals surface area contributed by atoms with Gasteiger partial charge in [-0.15, -0.1) is 0 Å². The van der Waals surface area contributed by atoms with Crippen LogP contribution in [0.5, 0.6) is 0 Å². The maximum absolute atomic E-state index is 4.59. The van der Waals surface area contributed by atoms with Crippen LogP contribution in [-0.4, -0.2) is 13.8 Å². The van der Waals surface area contributed by atoms with Crippen LogP contribution in [0.4, 0.5) is 5.69 Å². The zero-order chi connectivity index (χ0) is 11.1. The van der Waals surface area contributed by atoms with Gasteiger partial charge in [0.25, 0.3) is 0 Å². The summed E-state index contributed by atoms with van der Waals surface area (Å²) in [5, 5.41) is 0. The lowest BCUT2D eigenvalue weighted by Gasteiger charge is -2.12. The van der Waals surface area contributed by atoms with E-state index in [1.807, 2.05) is 6.07 Å². The average molecular weight is 215 g/mol. The maximum Gasteiger partial charge on any atom is 0.0711 e. The van der Waals surface area contributed by atoms with E-state index in [1.54, 1.807) is 0 Å². The minimum Gasteiger partial charge on any atom is -0.252 e. The molecule has 0 amide bonds. The second-order valence-electron chi connectivity index (χ2n) is 5.14. The normalized spacial score (nSPS) is 17.9. The minimum atomic E-state index is -1.18. The highest BCUT2D eigenvalue weighted by molar-refractivity contribution is 6.82. The molecule has 0 radical (unpaired) electrons. The van der Waals surface area contributed by atoms with Gasteiger partial charge >= 0.3 is 0 Å². The minimum absolute atomic E-state index is 1.12. The van der Waals surface area contributed by atoms with Crippen molar-refractivity contribution in [2.24, 2.45) is 4.99 Å². The molecule has 1 heterocycles. The van der Waals surface area contributed by atoms with Crippen molar-refractivity contribution in [3.8, 4) is 0 Å². The van der Waals surface area contributed by atoms with Crippen molar-refractivity contribution in [1.29, 1.82) is 0 Å². The van der Waals surface area contributed by atoms with Gasteiger partial charge in [0.05, 0.1) is 13.8 Å². The smallest absolute Gasteiger partial charge is 0.0711 e. The molecule has 1 nitrogen and oxygen atoms in total. The van der Waals surface area contributed by atoms with E-state index in [1.165, 1.54) is 16.8 Å². The Bertz CT molecular complexity index is 450. The van der Waals surface area contributed by atoms with Crippen molar-refractivity contribution in [3.63, 3.8) is 0 Å². The molecular formula is C13H17NSi. The number of allylic oxidation sites excluding steroid dienone is 1. The number of para-hydroxylation sites is 1. The van der Waals surface area contributed by atoms with Crippen LogP contribution in [0.25, 0.3) is 5.57 Å². The molecule has 0 aliphatic carbocycles. The molecule has 1 aliphatic heterocycles. The molecule has 1 aromatic rings. The van der Waals surface area contributed by atoms with E-state index in [0.717, 1.165) is 5.69 Å². The summed E-state index contributed by atoms with van der Waals surface area (Å²) in [6, 6.07) is 8.39. The predicted octanol–water partition coefficient (Wildman–Crippen LogP) is 4.05. The van der Waals surface area contributed by atoms with Crippen molar-refractivity contribution in [1.82, 2.24) is 0 Å². The molecule has 0 atom stereocenters. The van der Waals surface area contributed by atoms with E-state index in [0.29, 0.717) is 0 Å². The van der Waals surface area contributed by atoms with Crippen LogP contribution in [0.1, 0.15) is 12.5 Å². The third-order valence-electron chi connectivity index (χ3n) is 2.45. The van der Waals surface area contributed by atoms with E-state index in [2.05, 4.69) is 55.5 Å². The largest absolute Gasteiger partial charge is 0.252 e. The van der Waals surface area contributed by atoms with Crippen molar-refractivity contribution < 1.29 is 0 Å². The van der Waals surface area contributed by atoms with Crippen LogP contribution in [0.3, 0.4) is 0 Å². The summed E-state index contributed by atoms with van der Waals surface area (Å²) in [6.07, 6.45) is 0. The third kappa shape index (κ3) is 2.10. The van der Waals surface area contributed by atoms with Gasteiger partial charge in [0.15, 0.2) is 0 Å². The fourth-order valence-electron chi connectivity index (χ4n) is 1.85. The van der Waals surface area contributed by atoms with E-state index >= 15 is 0 Å². The van der Waals surface area contributed by atoms with Crippen LogP contribution in [0, 0.1) is 0 Å². The zero-order valence-corrected chi connectivity index (χ0v) is 10.8. The molecule has 15 heavy (non-hydrogen) atoms. The Morgan fingerprint density at radius 1 is 1.13 bits per heavy atom. The first-order chi connectivity index (χ1) is 6.97. The average Bonchev–Trinajstić information content (AvgIpc) is 2.41. The molecule has 0 unspecified atom stereocenters. The molecule has 0 spiro atoms. The van der Waals surface area contributed by atoms with Crippen molar-refractivity contribution >= 4 is 25.0 Å². The molecule has 0 aromatic heterocycles. The van der Waals surface area contributed by atoms with E-state index in [-0.39, 0.29) is 0 Å². The van der Waals surface area contributed by atoms with Crippen molar-refractivity contribution in [2.75, 3.05) is 0 Å². The number of rotatable bonds is 1. The monoisotopic (exact) mass is 215 g/mol. The summed E-state index contributed by atoms with van der Waals surface area (Å²) in [4.78, 5) is 4.59. The van der Waals surface area contributed by atoms with Gasteiger partial charge in [0.2, 0.25) is 0 Å². The van der Waals surface area contributed by atoms with Crippen LogP contribution in [0.15, 0.2) is 35.0 Å². The molecule has 0 saturated heterocycles. The molecule has 1 aliphatic rings. The first-order valence-electron chi connectivity index (χ1n) is 5.35. The highest BCUT2D eigenvalue weighted by Gasteiger charge is 2.20. The van der Waals surface area contributed by atoms with E-state index < -0.39 is 8.07 Å². The summed E-state index contributed by atoms with van der Waals surface area (Å²) < 4.78 is 0. The molecule has 0 fully saturated rings. The van der Waals surface area contributed by atoms with Gasteiger partial charge in [-0.2, -0.15) is 0 Å². The summed E-state index contributed by atoms with van der Waals surface area (Å²) in [5.41, 5.74) is 7.39.